The van der Waals surface area contributed by atoms with Crippen LogP contribution in [0, 0.1) is 5.92 Å². The number of carboxylic acids is 1. The van der Waals surface area contributed by atoms with Crippen LogP contribution in [0.2, 0.25) is 5.02 Å². The summed E-state index contributed by atoms with van der Waals surface area (Å²) in [6.45, 7) is 0. The molecule has 0 radical (unpaired) electrons. The third kappa shape index (κ3) is 2.01. The van der Waals surface area contributed by atoms with Crippen LogP contribution in [0.15, 0.2) is 23.4 Å². The molecule has 3 heterocycles. The molecule has 0 saturated carbocycles. The lowest BCUT2D eigenvalue weighted by atomic mass is 9.89. The molecule has 2 aliphatic rings. The molecule has 8 heteroatoms. The van der Waals surface area contributed by atoms with Gasteiger partial charge in [0.15, 0.2) is 0 Å². The van der Waals surface area contributed by atoms with Crippen molar-refractivity contribution in [3.05, 3.63) is 23.5 Å². The van der Waals surface area contributed by atoms with Crippen molar-refractivity contribution in [2.45, 2.75) is 36.2 Å². The van der Waals surface area contributed by atoms with Crippen molar-refractivity contribution in [3.8, 4) is 0 Å². The second-order valence-electron chi connectivity index (χ2n) is 5.15. The van der Waals surface area contributed by atoms with E-state index in [0.29, 0.717) is 19.3 Å². The van der Waals surface area contributed by atoms with Gasteiger partial charge < -0.3 is 5.11 Å². The number of aliphatic carboxylic acids is 1. The summed E-state index contributed by atoms with van der Waals surface area (Å²) in [7, 11) is -3.74. The number of aromatic nitrogens is 1. The van der Waals surface area contributed by atoms with E-state index in [2.05, 4.69) is 4.98 Å². The van der Waals surface area contributed by atoms with Gasteiger partial charge in [0.25, 0.3) is 0 Å². The number of carboxylic acid groups (broad SMARTS) is 1. The van der Waals surface area contributed by atoms with E-state index < -0.39 is 28.0 Å². The lowest BCUT2D eigenvalue weighted by molar-refractivity contribution is -0.142. The number of nitrogens with zero attached hydrogens (tertiary/aromatic N) is 2. The van der Waals surface area contributed by atoms with Gasteiger partial charge in [-0.05, 0) is 25.3 Å². The highest BCUT2D eigenvalue weighted by Gasteiger charge is 2.54. The zero-order valence-electron chi connectivity index (χ0n) is 10.4. The molecule has 1 aromatic heterocycles. The van der Waals surface area contributed by atoms with Crippen LogP contribution in [-0.2, 0) is 14.8 Å². The third-order valence-electron chi connectivity index (χ3n) is 4.05. The highest BCUT2D eigenvalue weighted by molar-refractivity contribution is 7.89. The summed E-state index contributed by atoms with van der Waals surface area (Å²) in [5.74, 6) is -1.54. The van der Waals surface area contributed by atoms with Crippen molar-refractivity contribution in [3.63, 3.8) is 0 Å². The monoisotopic (exact) mass is 316 g/mol. The van der Waals surface area contributed by atoms with E-state index in [0.717, 1.165) is 0 Å². The second kappa shape index (κ2) is 4.68. The Morgan fingerprint density at radius 3 is 2.75 bits per heavy atom. The van der Waals surface area contributed by atoms with E-state index in [9.17, 15) is 18.3 Å². The molecular weight excluding hydrogens is 304 g/mol. The fourth-order valence-corrected chi connectivity index (χ4v) is 5.38. The first-order valence-corrected chi connectivity index (χ1v) is 8.10. The predicted molar refractivity (Wildman–Crippen MR) is 70.8 cm³/mol. The summed E-state index contributed by atoms with van der Waals surface area (Å²) >= 11 is 5.79. The summed E-state index contributed by atoms with van der Waals surface area (Å²) in [6, 6.07) is 0.656. The van der Waals surface area contributed by atoms with Gasteiger partial charge in [-0.3, -0.25) is 9.78 Å². The smallest absolute Gasteiger partial charge is 0.308 e. The van der Waals surface area contributed by atoms with Crippen LogP contribution in [0.3, 0.4) is 0 Å². The van der Waals surface area contributed by atoms with Crippen LogP contribution in [-0.4, -0.2) is 40.9 Å². The number of rotatable bonds is 3. The summed E-state index contributed by atoms with van der Waals surface area (Å²) in [5.41, 5.74) is 0. The number of hydrogen-bond acceptors (Lipinski definition) is 4. The number of carbonyl (C=O) groups is 1. The quantitative estimate of drug-likeness (QED) is 0.909. The molecule has 3 unspecified atom stereocenters. The van der Waals surface area contributed by atoms with E-state index in [4.69, 9.17) is 11.6 Å². The number of pyridine rings is 1. The molecule has 0 aromatic carbocycles. The van der Waals surface area contributed by atoms with Gasteiger partial charge >= 0.3 is 5.97 Å². The number of hydrogen-bond donors (Lipinski definition) is 1. The highest BCUT2D eigenvalue weighted by Crippen LogP contribution is 2.45. The third-order valence-corrected chi connectivity index (χ3v) is 6.19. The lowest BCUT2D eigenvalue weighted by Gasteiger charge is -2.22. The molecule has 2 bridgehead atoms. The molecule has 6 nitrogen and oxygen atoms in total. The molecule has 0 spiro atoms. The van der Waals surface area contributed by atoms with E-state index in [1.807, 2.05) is 0 Å². The first-order valence-electron chi connectivity index (χ1n) is 6.28. The Kier molecular flexibility index (Phi) is 3.23. The van der Waals surface area contributed by atoms with E-state index in [-0.39, 0.29) is 16.0 Å². The SMILES string of the molecule is O=C(O)C1CC2CCC1N2S(=O)(=O)c1cncc(Cl)c1. The normalized spacial score (nSPS) is 29.8. The van der Waals surface area contributed by atoms with Gasteiger partial charge in [-0.2, -0.15) is 4.31 Å². The van der Waals surface area contributed by atoms with Gasteiger partial charge in [-0.15, -0.1) is 0 Å². The van der Waals surface area contributed by atoms with Crippen molar-refractivity contribution >= 4 is 27.6 Å². The van der Waals surface area contributed by atoms with Crippen LogP contribution < -0.4 is 0 Å². The maximum absolute atomic E-state index is 12.7. The molecule has 0 amide bonds. The first kappa shape index (κ1) is 13.8. The van der Waals surface area contributed by atoms with Crippen LogP contribution >= 0.6 is 11.6 Å². The molecule has 2 aliphatic heterocycles. The molecule has 1 aromatic rings. The average Bonchev–Trinajstić information content (AvgIpc) is 2.96. The minimum Gasteiger partial charge on any atom is -0.481 e. The second-order valence-corrected chi connectivity index (χ2v) is 7.43. The Morgan fingerprint density at radius 2 is 2.15 bits per heavy atom. The van der Waals surface area contributed by atoms with Crippen molar-refractivity contribution in [2.24, 2.45) is 5.92 Å². The lowest BCUT2D eigenvalue weighted by Crippen LogP contribution is -2.37. The molecular formula is C12H13ClN2O4S. The van der Waals surface area contributed by atoms with E-state index in [1.165, 1.54) is 22.8 Å². The molecule has 1 N–H and O–H groups in total. The van der Waals surface area contributed by atoms with Gasteiger partial charge in [-0.1, -0.05) is 11.6 Å². The topological polar surface area (TPSA) is 87.6 Å². The van der Waals surface area contributed by atoms with Crippen LogP contribution in [0.4, 0.5) is 0 Å². The molecule has 2 fully saturated rings. The maximum Gasteiger partial charge on any atom is 0.308 e. The molecule has 3 rings (SSSR count). The van der Waals surface area contributed by atoms with Crippen LogP contribution in [0.5, 0.6) is 0 Å². The molecule has 108 valence electrons. The fraction of sp³-hybridized carbons (Fsp3) is 0.500. The van der Waals surface area contributed by atoms with Gasteiger partial charge in [0.05, 0.1) is 10.9 Å². The van der Waals surface area contributed by atoms with Crippen molar-refractivity contribution in [2.75, 3.05) is 0 Å². The number of sulfonamides is 1. The van der Waals surface area contributed by atoms with Crippen molar-refractivity contribution in [1.29, 1.82) is 0 Å². The Hall–Kier alpha value is -1.18. The van der Waals surface area contributed by atoms with E-state index in [1.54, 1.807) is 0 Å². The Morgan fingerprint density at radius 1 is 1.40 bits per heavy atom. The molecule has 2 saturated heterocycles. The zero-order chi connectivity index (χ0) is 14.5. The first-order chi connectivity index (χ1) is 9.41. The Balaban J connectivity index is 1.99. The van der Waals surface area contributed by atoms with Gasteiger partial charge in [0, 0.05) is 24.5 Å². The number of fused-ring (bicyclic) bond motifs is 2. The molecule has 3 atom stereocenters. The van der Waals surface area contributed by atoms with Gasteiger partial charge in [0.1, 0.15) is 4.90 Å². The van der Waals surface area contributed by atoms with Crippen LogP contribution in [0.25, 0.3) is 0 Å². The summed E-state index contributed by atoms with van der Waals surface area (Å²) in [5, 5.41) is 9.42. The Labute approximate surface area is 121 Å². The summed E-state index contributed by atoms with van der Waals surface area (Å²) < 4.78 is 26.6. The number of halogens is 1. The van der Waals surface area contributed by atoms with E-state index >= 15 is 0 Å². The zero-order valence-corrected chi connectivity index (χ0v) is 12.0. The maximum atomic E-state index is 12.7. The van der Waals surface area contributed by atoms with Crippen molar-refractivity contribution < 1.29 is 18.3 Å². The minimum absolute atomic E-state index is 0.0212. The molecule has 0 aliphatic carbocycles. The van der Waals surface area contributed by atoms with Gasteiger partial charge in [0.2, 0.25) is 10.0 Å². The standard InChI is InChI=1S/C12H13ClN2O4S/c13-7-3-9(6-14-5-7)20(18,19)15-8-1-2-11(15)10(4-8)12(16)17/h3,5-6,8,10-11H,1-2,4H2,(H,16,17). The molecule has 20 heavy (non-hydrogen) atoms. The Bertz CT molecular complexity index is 663. The summed E-state index contributed by atoms with van der Waals surface area (Å²) in [6.07, 6.45) is 4.29. The largest absolute Gasteiger partial charge is 0.481 e. The van der Waals surface area contributed by atoms with Gasteiger partial charge in [-0.25, -0.2) is 8.42 Å². The predicted octanol–water partition coefficient (Wildman–Crippen LogP) is 1.36. The minimum atomic E-state index is -3.74. The average molecular weight is 317 g/mol. The summed E-state index contributed by atoms with van der Waals surface area (Å²) in [4.78, 5) is 15.0. The van der Waals surface area contributed by atoms with Crippen molar-refractivity contribution in [1.82, 2.24) is 9.29 Å². The fourth-order valence-electron chi connectivity index (χ4n) is 3.23. The highest BCUT2D eigenvalue weighted by atomic mass is 35.5. The van der Waals surface area contributed by atoms with Crippen LogP contribution in [0.1, 0.15) is 19.3 Å².